The van der Waals surface area contributed by atoms with Gasteiger partial charge in [0.1, 0.15) is 5.75 Å². The normalized spacial score (nSPS) is 12.6. The van der Waals surface area contributed by atoms with Gasteiger partial charge in [-0.15, -0.1) is 0 Å². The lowest BCUT2D eigenvalue weighted by atomic mass is 10.0. The van der Waals surface area contributed by atoms with Crippen LogP contribution in [-0.2, 0) is 0 Å². The first-order chi connectivity index (χ1) is 7.77. The fourth-order valence-electron chi connectivity index (χ4n) is 1.83. The van der Waals surface area contributed by atoms with Crippen molar-refractivity contribution in [2.45, 2.75) is 45.1 Å². The van der Waals surface area contributed by atoms with Gasteiger partial charge in [0.15, 0.2) is 0 Å². The van der Waals surface area contributed by atoms with Crippen LogP contribution in [0.25, 0.3) is 0 Å². The topological polar surface area (TPSA) is 58.3 Å². The van der Waals surface area contributed by atoms with Crippen molar-refractivity contribution in [2.75, 3.05) is 0 Å². The molecule has 3 heteroatoms. The SMILES string of the molecule is CCCCCC[C@@H](NN)c1ccc(O)cc1. The molecule has 3 nitrogen and oxygen atoms in total. The summed E-state index contributed by atoms with van der Waals surface area (Å²) >= 11 is 0. The Morgan fingerprint density at radius 3 is 2.44 bits per heavy atom. The molecule has 0 aliphatic heterocycles. The minimum absolute atomic E-state index is 0.192. The van der Waals surface area contributed by atoms with E-state index in [1.54, 1.807) is 12.1 Å². The van der Waals surface area contributed by atoms with E-state index < -0.39 is 0 Å². The lowest BCUT2D eigenvalue weighted by Gasteiger charge is -2.16. The molecular weight excluding hydrogens is 200 g/mol. The van der Waals surface area contributed by atoms with Crippen LogP contribution in [0.4, 0.5) is 0 Å². The Balaban J connectivity index is 2.44. The minimum Gasteiger partial charge on any atom is -0.508 e. The van der Waals surface area contributed by atoms with Crippen molar-refractivity contribution in [1.82, 2.24) is 5.43 Å². The largest absolute Gasteiger partial charge is 0.508 e. The Hall–Kier alpha value is -1.06. The van der Waals surface area contributed by atoms with Crippen LogP contribution >= 0.6 is 0 Å². The van der Waals surface area contributed by atoms with Crippen LogP contribution < -0.4 is 11.3 Å². The van der Waals surface area contributed by atoms with Gasteiger partial charge < -0.3 is 5.11 Å². The number of rotatable bonds is 7. The fraction of sp³-hybridized carbons (Fsp3) is 0.538. The first-order valence-corrected chi connectivity index (χ1v) is 6.03. The van der Waals surface area contributed by atoms with Crippen LogP contribution in [0.15, 0.2) is 24.3 Å². The molecule has 0 aromatic heterocycles. The number of hydrogen-bond donors (Lipinski definition) is 3. The first-order valence-electron chi connectivity index (χ1n) is 6.03. The molecule has 0 heterocycles. The van der Waals surface area contributed by atoms with Crippen molar-refractivity contribution >= 4 is 0 Å². The molecule has 1 rings (SSSR count). The lowest BCUT2D eigenvalue weighted by molar-refractivity contribution is 0.469. The van der Waals surface area contributed by atoms with E-state index in [0.717, 1.165) is 12.0 Å². The van der Waals surface area contributed by atoms with Gasteiger partial charge in [0.2, 0.25) is 0 Å². The van der Waals surface area contributed by atoms with Gasteiger partial charge in [0.25, 0.3) is 0 Å². The predicted octanol–water partition coefficient (Wildman–Crippen LogP) is 2.87. The summed E-state index contributed by atoms with van der Waals surface area (Å²) in [6.07, 6.45) is 6.02. The maximum atomic E-state index is 9.21. The molecular formula is C13H22N2O. The third-order valence-electron chi connectivity index (χ3n) is 2.84. The fourth-order valence-corrected chi connectivity index (χ4v) is 1.83. The van der Waals surface area contributed by atoms with Gasteiger partial charge in [0.05, 0.1) is 0 Å². The Kier molecular flexibility index (Phi) is 5.90. The molecule has 0 aliphatic carbocycles. The molecule has 0 saturated carbocycles. The number of hydrogen-bond acceptors (Lipinski definition) is 3. The van der Waals surface area contributed by atoms with Crippen LogP contribution in [0.2, 0.25) is 0 Å². The Bertz CT molecular complexity index is 284. The van der Waals surface area contributed by atoms with Gasteiger partial charge in [-0.2, -0.15) is 0 Å². The smallest absolute Gasteiger partial charge is 0.115 e. The second-order valence-electron chi connectivity index (χ2n) is 4.16. The van der Waals surface area contributed by atoms with Crippen molar-refractivity contribution in [3.8, 4) is 5.75 Å². The summed E-state index contributed by atoms with van der Waals surface area (Å²) in [6.45, 7) is 2.21. The van der Waals surface area contributed by atoms with E-state index in [0.29, 0.717) is 5.75 Å². The van der Waals surface area contributed by atoms with E-state index in [2.05, 4.69) is 12.3 Å². The van der Waals surface area contributed by atoms with E-state index in [1.165, 1.54) is 25.7 Å². The third kappa shape index (κ3) is 4.21. The maximum absolute atomic E-state index is 9.21. The maximum Gasteiger partial charge on any atom is 0.115 e. The van der Waals surface area contributed by atoms with E-state index >= 15 is 0 Å². The van der Waals surface area contributed by atoms with Crippen LogP contribution in [0, 0.1) is 0 Å². The zero-order chi connectivity index (χ0) is 11.8. The molecule has 0 amide bonds. The van der Waals surface area contributed by atoms with Gasteiger partial charge in [-0.05, 0) is 24.1 Å². The predicted molar refractivity (Wildman–Crippen MR) is 66.9 cm³/mol. The summed E-state index contributed by atoms with van der Waals surface area (Å²) in [4.78, 5) is 0. The Morgan fingerprint density at radius 1 is 1.19 bits per heavy atom. The summed E-state index contributed by atoms with van der Waals surface area (Å²) in [5.74, 6) is 5.84. The Labute approximate surface area is 97.6 Å². The second-order valence-corrected chi connectivity index (χ2v) is 4.16. The van der Waals surface area contributed by atoms with Crippen molar-refractivity contribution in [1.29, 1.82) is 0 Å². The number of hydrazine groups is 1. The minimum atomic E-state index is 0.192. The first kappa shape index (κ1) is 13.0. The highest BCUT2D eigenvalue weighted by atomic mass is 16.3. The molecule has 0 aliphatic rings. The summed E-state index contributed by atoms with van der Waals surface area (Å²) in [7, 11) is 0. The van der Waals surface area contributed by atoms with Gasteiger partial charge in [0, 0.05) is 6.04 Å². The number of nitrogens with one attached hydrogen (secondary N) is 1. The summed E-state index contributed by atoms with van der Waals surface area (Å²) in [5, 5.41) is 9.21. The summed E-state index contributed by atoms with van der Waals surface area (Å²) in [5.41, 5.74) is 3.97. The molecule has 0 bridgehead atoms. The second kappa shape index (κ2) is 7.25. The van der Waals surface area contributed by atoms with Gasteiger partial charge in [-0.1, -0.05) is 44.7 Å². The number of aromatic hydroxyl groups is 1. The summed E-state index contributed by atoms with van der Waals surface area (Å²) in [6, 6.07) is 7.43. The highest BCUT2D eigenvalue weighted by molar-refractivity contribution is 5.27. The Morgan fingerprint density at radius 2 is 1.88 bits per heavy atom. The highest BCUT2D eigenvalue weighted by Gasteiger charge is 2.08. The number of nitrogens with two attached hydrogens (primary N) is 1. The molecule has 1 atom stereocenters. The van der Waals surface area contributed by atoms with Crippen LogP contribution in [0.5, 0.6) is 5.75 Å². The van der Waals surface area contributed by atoms with Crippen molar-refractivity contribution < 1.29 is 5.11 Å². The van der Waals surface area contributed by atoms with E-state index in [9.17, 15) is 5.11 Å². The number of unbranched alkanes of at least 4 members (excludes halogenated alkanes) is 3. The van der Waals surface area contributed by atoms with E-state index in [1.807, 2.05) is 12.1 Å². The highest BCUT2D eigenvalue weighted by Crippen LogP contribution is 2.21. The summed E-state index contributed by atoms with van der Waals surface area (Å²) < 4.78 is 0. The molecule has 1 aromatic rings. The average molecular weight is 222 g/mol. The number of phenolic OH excluding ortho intramolecular Hbond substituents is 1. The van der Waals surface area contributed by atoms with Gasteiger partial charge in [-0.25, -0.2) is 0 Å². The molecule has 4 N–H and O–H groups in total. The van der Waals surface area contributed by atoms with Gasteiger partial charge >= 0.3 is 0 Å². The molecule has 90 valence electrons. The quantitative estimate of drug-likeness (QED) is 0.378. The average Bonchev–Trinajstić information content (AvgIpc) is 2.31. The zero-order valence-electron chi connectivity index (χ0n) is 9.95. The standard InChI is InChI=1S/C13H22N2O/c1-2-3-4-5-6-13(15-14)11-7-9-12(16)10-8-11/h7-10,13,15-16H,2-6,14H2,1H3/t13-/m1/s1. The van der Waals surface area contributed by atoms with Crippen molar-refractivity contribution in [3.63, 3.8) is 0 Å². The van der Waals surface area contributed by atoms with Crippen LogP contribution in [0.3, 0.4) is 0 Å². The lowest BCUT2D eigenvalue weighted by Crippen LogP contribution is -2.27. The number of phenols is 1. The third-order valence-corrected chi connectivity index (χ3v) is 2.84. The van der Waals surface area contributed by atoms with E-state index in [4.69, 9.17) is 5.84 Å². The molecule has 0 saturated heterocycles. The van der Waals surface area contributed by atoms with Crippen LogP contribution in [0.1, 0.15) is 50.6 Å². The van der Waals surface area contributed by atoms with Crippen molar-refractivity contribution in [2.24, 2.45) is 5.84 Å². The zero-order valence-corrected chi connectivity index (χ0v) is 9.95. The molecule has 0 unspecified atom stereocenters. The van der Waals surface area contributed by atoms with Gasteiger partial charge in [-0.3, -0.25) is 11.3 Å². The molecule has 16 heavy (non-hydrogen) atoms. The monoisotopic (exact) mass is 222 g/mol. The molecule has 1 aromatic carbocycles. The molecule has 0 fully saturated rings. The van der Waals surface area contributed by atoms with Crippen molar-refractivity contribution in [3.05, 3.63) is 29.8 Å². The number of benzene rings is 1. The van der Waals surface area contributed by atoms with E-state index in [-0.39, 0.29) is 6.04 Å². The van der Waals surface area contributed by atoms with Crippen LogP contribution in [-0.4, -0.2) is 5.11 Å². The molecule has 0 spiro atoms. The molecule has 0 radical (unpaired) electrons.